The molecule has 0 fully saturated rings. The van der Waals surface area contributed by atoms with Gasteiger partial charge in [-0.05, 0) is 37.6 Å². The fourth-order valence-corrected chi connectivity index (χ4v) is 2.21. The standard InChI is InChI=1S/C16H19N3O/c1-4-19(14-10-6-5-8-12(14)2)16(20)13-9-7-11-18-15(13)17-3/h5-11H,4H2,1-3H3,(H,17,18). The smallest absolute Gasteiger partial charge is 0.262 e. The summed E-state index contributed by atoms with van der Waals surface area (Å²) in [5, 5.41) is 2.96. The molecule has 0 saturated carbocycles. The van der Waals surface area contributed by atoms with Gasteiger partial charge in [-0.25, -0.2) is 4.98 Å². The van der Waals surface area contributed by atoms with E-state index in [2.05, 4.69) is 10.3 Å². The van der Waals surface area contributed by atoms with Crippen LogP contribution in [0.15, 0.2) is 42.6 Å². The number of hydrogen-bond donors (Lipinski definition) is 1. The lowest BCUT2D eigenvalue weighted by Gasteiger charge is -2.23. The SMILES string of the molecule is CCN(C(=O)c1cccnc1NC)c1ccccc1C. The third kappa shape index (κ3) is 2.64. The molecule has 0 atom stereocenters. The number of pyridine rings is 1. The number of amides is 1. The number of carbonyl (C=O) groups excluding carboxylic acids is 1. The van der Waals surface area contributed by atoms with E-state index < -0.39 is 0 Å². The largest absolute Gasteiger partial charge is 0.372 e. The van der Waals surface area contributed by atoms with Crippen molar-refractivity contribution in [2.45, 2.75) is 13.8 Å². The minimum Gasteiger partial charge on any atom is -0.372 e. The zero-order valence-corrected chi connectivity index (χ0v) is 12.1. The highest BCUT2D eigenvalue weighted by atomic mass is 16.2. The lowest BCUT2D eigenvalue weighted by Crippen LogP contribution is -2.31. The van der Waals surface area contributed by atoms with Gasteiger partial charge in [0.25, 0.3) is 5.91 Å². The van der Waals surface area contributed by atoms with Crippen molar-refractivity contribution in [3.63, 3.8) is 0 Å². The third-order valence-corrected chi connectivity index (χ3v) is 3.24. The van der Waals surface area contributed by atoms with Gasteiger partial charge in [0.15, 0.2) is 0 Å². The normalized spacial score (nSPS) is 10.2. The minimum absolute atomic E-state index is 0.0424. The molecule has 0 aliphatic rings. The molecule has 0 spiro atoms. The first-order chi connectivity index (χ1) is 9.69. The van der Waals surface area contributed by atoms with Crippen LogP contribution in [0.3, 0.4) is 0 Å². The van der Waals surface area contributed by atoms with E-state index in [1.807, 2.05) is 38.1 Å². The number of benzene rings is 1. The Morgan fingerprint density at radius 2 is 2.00 bits per heavy atom. The van der Waals surface area contributed by atoms with Crippen molar-refractivity contribution in [3.05, 3.63) is 53.7 Å². The number of para-hydroxylation sites is 1. The zero-order chi connectivity index (χ0) is 14.5. The van der Waals surface area contributed by atoms with Crippen molar-refractivity contribution >= 4 is 17.4 Å². The van der Waals surface area contributed by atoms with E-state index in [1.165, 1.54) is 0 Å². The Hall–Kier alpha value is -2.36. The van der Waals surface area contributed by atoms with Crippen LogP contribution in [0, 0.1) is 6.92 Å². The molecule has 0 unspecified atom stereocenters. The highest BCUT2D eigenvalue weighted by Crippen LogP contribution is 2.23. The topological polar surface area (TPSA) is 45.2 Å². The van der Waals surface area contributed by atoms with Crippen LogP contribution in [0.2, 0.25) is 0 Å². The maximum absolute atomic E-state index is 12.8. The number of anilines is 2. The Bertz CT molecular complexity index is 610. The number of aromatic nitrogens is 1. The maximum atomic E-state index is 12.8. The summed E-state index contributed by atoms with van der Waals surface area (Å²) >= 11 is 0. The molecule has 0 saturated heterocycles. The molecule has 0 aliphatic carbocycles. The molecular weight excluding hydrogens is 250 g/mol. The van der Waals surface area contributed by atoms with Crippen molar-refractivity contribution in [1.29, 1.82) is 0 Å². The van der Waals surface area contributed by atoms with Gasteiger partial charge in [-0.15, -0.1) is 0 Å². The molecule has 1 aromatic heterocycles. The van der Waals surface area contributed by atoms with Gasteiger partial charge >= 0.3 is 0 Å². The predicted molar refractivity (Wildman–Crippen MR) is 82.3 cm³/mol. The van der Waals surface area contributed by atoms with E-state index in [0.29, 0.717) is 17.9 Å². The number of nitrogens with zero attached hydrogens (tertiary/aromatic N) is 2. The van der Waals surface area contributed by atoms with Crippen LogP contribution >= 0.6 is 0 Å². The third-order valence-electron chi connectivity index (χ3n) is 3.24. The van der Waals surface area contributed by atoms with Gasteiger partial charge in [0, 0.05) is 25.5 Å². The molecule has 2 aromatic rings. The second-order valence-corrected chi connectivity index (χ2v) is 4.49. The summed E-state index contributed by atoms with van der Waals surface area (Å²) in [6, 6.07) is 11.5. The van der Waals surface area contributed by atoms with Crippen LogP contribution in [0.1, 0.15) is 22.8 Å². The Balaban J connectivity index is 2.42. The molecule has 0 aliphatic heterocycles. The first-order valence-corrected chi connectivity index (χ1v) is 6.69. The van der Waals surface area contributed by atoms with Crippen LogP contribution < -0.4 is 10.2 Å². The number of nitrogens with one attached hydrogen (secondary N) is 1. The average Bonchev–Trinajstić information content (AvgIpc) is 2.49. The molecule has 1 aromatic carbocycles. The maximum Gasteiger partial charge on any atom is 0.262 e. The first kappa shape index (κ1) is 14.1. The van der Waals surface area contributed by atoms with Crippen LogP contribution in [0.5, 0.6) is 0 Å². The monoisotopic (exact) mass is 269 g/mol. The lowest BCUT2D eigenvalue weighted by atomic mass is 10.1. The Labute approximate surface area is 119 Å². The summed E-state index contributed by atoms with van der Waals surface area (Å²) in [4.78, 5) is 18.7. The summed E-state index contributed by atoms with van der Waals surface area (Å²) < 4.78 is 0. The fourth-order valence-electron chi connectivity index (χ4n) is 2.21. The molecule has 1 heterocycles. The second-order valence-electron chi connectivity index (χ2n) is 4.49. The summed E-state index contributed by atoms with van der Waals surface area (Å²) in [7, 11) is 1.77. The molecule has 4 heteroatoms. The van der Waals surface area contributed by atoms with Crippen LogP contribution in [0.4, 0.5) is 11.5 Å². The van der Waals surface area contributed by atoms with Gasteiger partial charge in [0.2, 0.25) is 0 Å². The highest BCUT2D eigenvalue weighted by Gasteiger charge is 2.20. The second kappa shape index (κ2) is 6.19. The van der Waals surface area contributed by atoms with Gasteiger partial charge in [-0.1, -0.05) is 18.2 Å². The molecule has 0 bridgehead atoms. The first-order valence-electron chi connectivity index (χ1n) is 6.69. The van der Waals surface area contributed by atoms with Crippen LogP contribution in [0.25, 0.3) is 0 Å². The molecular formula is C16H19N3O. The van der Waals surface area contributed by atoms with Gasteiger partial charge < -0.3 is 10.2 Å². The number of aryl methyl sites for hydroxylation is 1. The van der Waals surface area contributed by atoms with E-state index in [1.54, 1.807) is 30.3 Å². The van der Waals surface area contributed by atoms with Crippen molar-refractivity contribution in [2.24, 2.45) is 0 Å². The number of carbonyl (C=O) groups is 1. The number of hydrogen-bond acceptors (Lipinski definition) is 3. The Morgan fingerprint density at radius 1 is 1.25 bits per heavy atom. The summed E-state index contributed by atoms with van der Waals surface area (Å²) in [6.07, 6.45) is 1.67. The van der Waals surface area contributed by atoms with Gasteiger partial charge in [-0.2, -0.15) is 0 Å². The summed E-state index contributed by atoms with van der Waals surface area (Å²) in [6.45, 7) is 4.59. The van der Waals surface area contributed by atoms with Crippen molar-refractivity contribution in [2.75, 3.05) is 23.8 Å². The molecule has 1 N–H and O–H groups in total. The van der Waals surface area contributed by atoms with Gasteiger partial charge in [0.05, 0.1) is 5.56 Å². The number of rotatable bonds is 4. The van der Waals surface area contributed by atoms with Crippen molar-refractivity contribution in [1.82, 2.24) is 4.98 Å². The van der Waals surface area contributed by atoms with Gasteiger partial charge in [0.1, 0.15) is 5.82 Å². The van der Waals surface area contributed by atoms with Crippen LogP contribution in [-0.2, 0) is 0 Å². The zero-order valence-electron chi connectivity index (χ0n) is 12.1. The summed E-state index contributed by atoms with van der Waals surface area (Å²) in [5.74, 6) is 0.559. The predicted octanol–water partition coefficient (Wildman–Crippen LogP) is 3.10. The summed E-state index contributed by atoms with van der Waals surface area (Å²) in [5.41, 5.74) is 2.60. The van der Waals surface area contributed by atoms with E-state index in [0.717, 1.165) is 11.3 Å². The molecule has 20 heavy (non-hydrogen) atoms. The molecule has 1 amide bonds. The molecule has 104 valence electrons. The van der Waals surface area contributed by atoms with Crippen LogP contribution in [-0.4, -0.2) is 24.5 Å². The fraction of sp³-hybridized carbons (Fsp3) is 0.250. The Kier molecular flexibility index (Phi) is 4.35. The Morgan fingerprint density at radius 3 is 2.65 bits per heavy atom. The van der Waals surface area contributed by atoms with Gasteiger partial charge in [-0.3, -0.25) is 4.79 Å². The molecule has 2 rings (SSSR count). The van der Waals surface area contributed by atoms with Crippen molar-refractivity contribution in [3.8, 4) is 0 Å². The molecule has 0 radical (unpaired) electrons. The van der Waals surface area contributed by atoms with E-state index in [9.17, 15) is 4.79 Å². The van der Waals surface area contributed by atoms with E-state index >= 15 is 0 Å². The lowest BCUT2D eigenvalue weighted by molar-refractivity contribution is 0.0988. The highest BCUT2D eigenvalue weighted by molar-refractivity contribution is 6.09. The average molecular weight is 269 g/mol. The quantitative estimate of drug-likeness (QED) is 0.927. The molecule has 4 nitrogen and oxygen atoms in total. The van der Waals surface area contributed by atoms with E-state index in [-0.39, 0.29) is 5.91 Å². The van der Waals surface area contributed by atoms with Crippen molar-refractivity contribution < 1.29 is 4.79 Å². The minimum atomic E-state index is -0.0424. The van der Waals surface area contributed by atoms with E-state index in [4.69, 9.17) is 0 Å².